The standard InChI is InChI=1S/C17H24N2O/c1-11(2)12-5-8-15(9-6-12)19(3)17(20)16-13-4-7-14(10-13)18-16/h5-6,8-9,11,13-14,16,18H,4,7,10H2,1-3H3/t13-,14+,16-/m0/s1. The second-order valence-electron chi connectivity index (χ2n) is 6.56. The Morgan fingerprint density at radius 1 is 1.25 bits per heavy atom. The first-order valence-electron chi connectivity index (χ1n) is 7.70. The van der Waals surface area contributed by atoms with Crippen LogP contribution in [0.25, 0.3) is 0 Å². The predicted molar refractivity (Wildman–Crippen MR) is 82.0 cm³/mol. The second-order valence-corrected chi connectivity index (χ2v) is 6.56. The van der Waals surface area contributed by atoms with Crippen LogP contribution in [0.1, 0.15) is 44.6 Å². The summed E-state index contributed by atoms with van der Waals surface area (Å²) in [5.41, 5.74) is 2.30. The number of benzene rings is 1. The molecule has 1 amide bonds. The summed E-state index contributed by atoms with van der Waals surface area (Å²) in [4.78, 5) is 14.4. The van der Waals surface area contributed by atoms with Crippen LogP contribution >= 0.6 is 0 Å². The van der Waals surface area contributed by atoms with E-state index in [1.165, 1.54) is 24.8 Å². The minimum Gasteiger partial charge on any atom is -0.314 e. The highest BCUT2D eigenvalue weighted by molar-refractivity contribution is 5.97. The molecule has 1 N–H and O–H groups in total. The Labute approximate surface area is 121 Å². The summed E-state index contributed by atoms with van der Waals surface area (Å²) < 4.78 is 0. The van der Waals surface area contributed by atoms with Crippen molar-refractivity contribution < 1.29 is 4.79 Å². The maximum absolute atomic E-state index is 12.6. The molecule has 1 saturated heterocycles. The molecule has 0 radical (unpaired) electrons. The Morgan fingerprint density at radius 2 is 1.95 bits per heavy atom. The first-order valence-corrected chi connectivity index (χ1v) is 7.70. The van der Waals surface area contributed by atoms with Crippen LogP contribution < -0.4 is 10.2 Å². The number of anilines is 1. The number of fused-ring (bicyclic) bond motifs is 2. The van der Waals surface area contributed by atoms with Gasteiger partial charge in [0.05, 0.1) is 6.04 Å². The Kier molecular flexibility index (Phi) is 3.55. The molecule has 2 aliphatic rings. The Bertz CT molecular complexity index is 494. The van der Waals surface area contributed by atoms with E-state index in [0.29, 0.717) is 17.9 Å². The van der Waals surface area contributed by atoms with E-state index in [2.05, 4.69) is 43.4 Å². The molecule has 108 valence electrons. The zero-order valence-corrected chi connectivity index (χ0v) is 12.6. The minimum atomic E-state index is 0.0310. The van der Waals surface area contributed by atoms with Gasteiger partial charge in [0.15, 0.2) is 0 Å². The van der Waals surface area contributed by atoms with E-state index >= 15 is 0 Å². The smallest absolute Gasteiger partial charge is 0.244 e. The molecule has 2 fully saturated rings. The number of piperidine rings is 1. The average Bonchev–Trinajstić information content (AvgIpc) is 3.08. The lowest BCUT2D eigenvalue weighted by atomic mass is 9.98. The molecule has 1 aliphatic heterocycles. The Morgan fingerprint density at radius 3 is 2.45 bits per heavy atom. The Hall–Kier alpha value is -1.35. The molecule has 1 heterocycles. The van der Waals surface area contributed by atoms with Crippen molar-refractivity contribution in [1.82, 2.24) is 5.32 Å². The monoisotopic (exact) mass is 272 g/mol. The Balaban J connectivity index is 1.71. The third kappa shape index (κ3) is 2.35. The van der Waals surface area contributed by atoms with E-state index in [9.17, 15) is 4.79 Å². The third-order valence-electron chi connectivity index (χ3n) is 4.90. The summed E-state index contributed by atoms with van der Waals surface area (Å²) in [5.74, 6) is 1.29. The average molecular weight is 272 g/mol. The van der Waals surface area contributed by atoms with Gasteiger partial charge in [-0.15, -0.1) is 0 Å². The number of carbonyl (C=O) groups excluding carboxylic acids is 1. The van der Waals surface area contributed by atoms with Crippen LogP contribution in [0.3, 0.4) is 0 Å². The first-order chi connectivity index (χ1) is 9.56. The molecule has 1 saturated carbocycles. The fraction of sp³-hybridized carbons (Fsp3) is 0.588. The first kappa shape index (κ1) is 13.6. The van der Waals surface area contributed by atoms with Crippen LogP contribution in [0.15, 0.2) is 24.3 Å². The van der Waals surface area contributed by atoms with Gasteiger partial charge >= 0.3 is 0 Å². The van der Waals surface area contributed by atoms with E-state index < -0.39 is 0 Å². The van der Waals surface area contributed by atoms with Crippen LogP contribution in [0.4, 0.5) is 5.69 Å². The van der Waals surface area contributed by atoms with Crippen molar-refractivity contribution in [2.75, 3.05) is 11.9 Å². The summed E-state index contributed by atoms with van der Waals surface area (Å²) in [5, 5.41) is 3.48. The number of hydrogen-bond donors (Lipinski definition) is 1. The molecule has 0 spiro atoms. The highest BCUT2D eigenvalue weighted by atomic mass is 16.2. The van der Waals surface area contributed by atoms with E-state index in [1.54, 1.807) is 0 Å². The summed E-state index contributed by atoms with van der Waals surface area (Å²) in [7, 11) is 1.89. The van der Waals surface area contributed by atoms with E-state index in [4.69, 9.17) is 0 Å². The lowest BCUT2D eigenvalue weighted by Crippen LogP contribution is -2.48. The fourth-order valence-electron chi connectivity index (χ4n) is 3.55. The number of amides is 1. The van der Waals surface area contributed by atoms with E-state index in [-0.39, 0.29) is 11.9 Å². The molecule has 1 aromatic carbocycles. The van der Waals surface area contributed by atoms with Crippen molar-refractivity contribution in [2.24, 2.45) is 5.92 Å². The van der Waals surface area contributed by atoms with Gasteiger partial charge in [-0.1, -0.05) is 26.0 Å². The highest BCUT2D eigenvalue weighted by Gasteiger charge is 2.43. The number of nitrogens with zero attached hydrogens (tertiary/aromatic N) is 1. The number of likely N-dealkylation sites (N-methyl/N-ethyl adjacent to an activating group) is 1. The molecule has 0 unspecified atom stereocenters. The molecule has 3 rings (SSSR count). The zero-order valence-electron chi connectivity index (χ0n) is 12.6. The van der Waals surface area contributed by atoms with Crippen molar-refractivity contribution in [1.29, 1.82) is 0 Å². The van der Waals surface area contributed by atoms with Gasteiger partial charge in [0.2, 0.25) is 5.91 Å². The lowest BCUT2D eigenvalue weighted by molar-refractivity contribution is -0.121. The largest absolute Gasteiger partial charge is 0.314 e. The number of carbonyl (C=O) groups is 1. The van der Waals surface area contributed by atoms with E-state index in [1.807, 2.05) is 11.9 Å². The predicted octanol–water partition coefficient (Wildman–Crippen LogP) is 2.91. The summed E-state index contributed by atoms with van der Waals surface area (Å²) >= 11 is 0. The summed E-state index contributed by atoms with van der Waals surface area (Å²) in [6.45, 7) is 4.37. The third-order valence-corrected chi connectivity index (χ3v) is 4.90. The summed E-state index contributed by atoms with van der Waals surface area (Å²) in [6.07, 6.45) is 3.62. The van der Waals surface area contributed by atoms with Crippen molar-refractivity contribution in [3.05, 3.63) is 29.8 Å². The van der Waals surface area contributed by atoms with Gasteiger partial charge in [-0.3, -0.25) is 4.79 Å². The SMILES string of the molecule is CC(C)c1ccc(N(C)C(=O)[C@H]2N[C@@H]3CC[C@H]2C3)cc1. The van der Waals surface area contributed by atoms with Crippen molar-refractivity contribution in [3.8, 4) is 0 Å². The van der Waals surface area contributed by atoms with Crippen LogP contribution in [0.5, 0.6) is 0 Å². The van der Waals surface area contributed by atoms with Crippen LogP contribution in [-0.2, 0) is 4.79 Å². The molecule has 0 aromatic heterocycles. The molecule has 1 aromatic rings. The van der Waals surface area contributed by atoms with Crippen molar-refractivity contribution >= 4 is 11.6 Å². The molecule has 2 bridgehead atoms. The maximum Gasteiger partial charge on any atom is 0.244 e. The van der Waals surface area contributed by atoms with Gasteiger partial charge in [0, 0.05) is 18.8 Å². The highest BCUT2D eigenvalue weighted by Crippen LogP contribution is 2.36. The molecule has 3 atom stereocenters. The maximum atomic E-state index is 12.6. The van der Waals surface area contributed by atoms with Gasteiger partial charge < -0.3 is 10.2 Å². The second kappa shape index (κ2) is 5.21. The zero-order chi connectivity index (χ0) is 14.3. The van der Waals surface area contributed by atoms with Gasteiger partial charge in [-0.05, 0) is 48.8 Å². The molecular formula is C17H24N2O. The quantitative estimate of drug-likeness (QED) is 0.917. The van der Waals surface area contributed by atoms with Gasteiger partial charge in [0.25, 0.3) is 0 Å². The number of nitrogens with one attached hydrogen (secondary N) is 1. The van der Waals surface area contributed by atoms with Crippen LogP contribution in [0.2, 0.25) is 0 Å². The van der Waals surface area contributed by atoms with Crippen LogP contribution in [-0.4, -0.2) is 25.0 Å². The topological polar surface area (TPSA) is 32.3 Å². The van der Waals surface area contributed by atoms with Crippen LogP contribution in [0, 0.1) is 5.92 Å². The molecule has 3 heteroatoms. The van der Waals surface area contributed by atoms with Gasteiger partial charge in [-0.2, -0.15) is 0 Å². The van der Waals surface area contributed by atoms with E-state index in [0.717, 1.165) is 5.69 Å². The normalized spacial score (nSPS) is 28.1. The van der Waals surface area contributed by atoms with Crippen molar-refractivity contribution in [2.45, 2.75) is 51.1 Å². The molecule has 1 aliphatic carbocycles. The number of rotatable bonds is 3. The fourth-order valence-corrected chi connectivity index (χ4v) is 3.55. The van der Waals surface area contributed by atoms with Gasteiger partial charge in [-0.25, -0.2) is 0 Å². The molecule has 3 nitrogen and oxygen atoms in total. The minimum absolute atomic E-state index is 0.0310. The van der Waals surface area contributed by atoms with Gasteiger partial charge in [0.1, 0.15) is 0 Å². The number of hydrogen-bond acceptors (Lipinski definition) is 2. The molecular weight excluding hydrogens is 248 g/mol. The molecule has 20 heavy (non-hydrogen) atoms. The summed E-state index contributed by atoms with van der Waals surface area (Å²) in [6, 6.07) is 8.96. The lowest BCUT2D eigenvalue weighted by Gasteiger charge is -2.27. The van der Waals surface area contributed by atoms with Crippen molar-refractivity contribution in [3.63, 3.8) is 0 Å².